The Morgan fingerprint density at radius 3 is 2.70 bits per heavy atom. The lowest BCUT2D eigenvalue weighted by Gasteiger charge is -2.07. The first-order valence-electron chi connectivity index (χ1n) is 5.65. The van der Waals surface area contributed by atoms with Gasteiger partial charge in [-0.2, -0.15) is 17.9 Å². The van der Waals surface area contributed by atoms with Crippen molar-refractivity contribution in [2.45, 2.75) is 0 Å². The number of anilines is 1. The van der Waals surface area contributed by atoms with E-state index in [0.717, 1.165) is 10.2 Å². The van der Waals surface area contributed by atoms with E-state index in [1.807, 2.05) is 0 Å². The van der Waals surface area contributed by atoms with Crippen molar-refractivity contribution < 1.29 is 12.8 Å². The zero-order valence-electron chi connectivity index (χ0n) is 10.1. The maximum Gasteiger partial charge on any atom is 0.344 e. The Labute approximate surface area is 114 Å². The lowest BCUT2D eigenvalue weighted by atomic mass is 10.3. The quantitative estimate of drug-likeness (QED) is 0.746. The van der Waals surface area contributed by atoms with Crippen molar-refractivity contribution in [3.63, 3.8) is 0 Å². The van der Waals surface area contributed by atoms with E-state index >= 15 is 0 Å². The lowest BCUT2D eigenvalue weighted by Crippen LogP contribution is -2.23. The van der Waals surface area contributed by atoms with Crippen molar-refractivity contribution in [3.8, 4) is 0 Å². The molecule has 0 radical (unpaired) electrons. The van der Waals surface area contributed by atoms with E-state index in [9.17, 15) is 12.8 Å². The predicted molar refractivity (Wildman–Crippen MR) is 71.9 cm³/mol. The van der Waals surface area contributed by atoms with Crippen LogP contribution in [0, 0.1) is 5.95 Å². The van der Waals surface area contributed by atoms with E-state index in [-0.39, 0.29) is 5.82 Å². The minimum absolute atomic E-state index is 0.107. The largest absolute Gasteiger partial charge is 0.344 e. The molecule has 0 aliphatic rings. The van der Waals surface area contributed by atoms with E-state index < -0.39 is 16.2 Å². The van der Waals surface area contributed by atoms with Gasteiger partial charge in [0.25, 0.3) is 0 Å². The third kappa shape index (κ3) is 2.21. The summed E-state index contributed by atoms with van der Waals surface area (Å²) in [6.07, 6.45) is 1.44. The van der Waals surface area contributed by atoms with Crippen LogP contribution in [0.4, 0.5) is 10.2 Å². The molecule has 0 atom stereocenters. The molecule has 3 rings (SSSR count). The summed E-state index contributed by atoms with van der Waals surface area (Å²) in [5.74, 6) is -0.875. The summed E-state index contributed by atoms with van der Waals surface area (Å²) in [7, 11) is -3.99. The van der Waals surface area contributed by atoms with Crippen molar-refractivity contribution in [1.29, 1.82) is 0 Å². The number of halogens is 1. The Morgan fingerprint density at radius 1 is 1.10 bits per heavy atom. The average molecular weight is 292 g/mol. The second-order valence-corrected chi connectivity index (χ2v) is 5.50. The van der Waals surface area contributed by atoms with Gasteiger partial charge in [-0.1, -0.05) is 24.3 Å². The van der Waals surface area contributed by atoms with Crippen LogP contribution in [0.25, 0.3) is 10.9 Å². The van der Waals surface area contributed by atoms with Gasteiger partial charge in [0.05, 0.1) is 11.7 Å². The molecule has 20 heavy (non-hydrogen) atoms. The zero-order chi connectivity index (χ0) is 14.2. The Kier molecular flexibility index (Phi) is 2.87. The van der Waals surface area contributed by atoms with Gasteiger partial charge in [0.15, 0.2) is 0 Å². The number of hydrogen-bond donors (Lipinski definition) is 1. The Balaban J connectivity index is 2.04. The maximum atomic E-state index is 13.0. The van der Waals surface area contributed by atoms with E-state index in [0.29, 0.717) is 10.9 Å². The van der Waals surface area contributed by atoms with Crippen molar-refractivity contribution in [1.82, 2.24) is 14.2 Å². The van der Waals surface area contributed by atoms with Crippen LogP contribution in [0.3, 0.4) is 0 Å². The van der Waals surface area contributed by atoms with Gasteiger partial charge in [0.2, 0.25) is 5.95 Å². The summed E-state index contributed by atoms with van der Waals surface area (Å²) >= 11 is 0. The van der Waals surface area contributed by atoms with Crippen LogP contribution in [0.15, 0.2) is 48.7 Å². The molecule has 8 heteroatoms. The highest BCUT2D eigenvalue weighted by atomic mass is 32.2. The van der Waals surface area contributed by atoms with E-state index in [4.69, 9.17) is 0 Å². The van der Waals surface area contributed by atoms with E-state index in [1.165, 1.54) is 18.3 Å². The minimum atomic E-state index is -3.99. The maximum absolute atomic E-state index is 13.0. The summed E-state index contributed by atoms with van der Waals surface area (Å²) in [6, 6.07) is 10.7. The highest BCUT2D eigenvalue weighted by Gasteiger charge is 2.17. The molecule has 0 unspecified atom stereocenters. The number of aromatic nitrogens is 3. The van der Waals surface area contributed by atoms with Gasteiger partial charge >= 0.3 is 10.2 Å². The number of rotatable bonds is 3. The van der Waals surface area contributed by atoms with Crippen LogP contribution in [0.5, 0.6) is 0 Å². The molecule has 0 saturated carbocycles. The number of fused-ring (bicyclic) bond motifs is 1. The van der Waals surface area contributed by atoms with Gasteiger partial charge in [-0.25, -0.2) is 9.71 Å². The Bertz CT molecular complexity index is 876. The summed E-state index contributed by atoms with van der Waals surface area (Å²) in [5.41, 5.74) is 0.427. The second kappa shape index (κ2) is 4.57. The van der Waals surface area contributed by atoms with Crippen molar-refractivity contribution >= 4 is 26.9 Å². The highest BCUT2D eigenvalue weighted by Crippen LogP contribution is 2.16. The second-order valence-electron chi connectivity index (χ2n) is 4.00. The molecule has 1 N–H and O–H groups in total. The molecule has 6 nitrogen and oxygen atoms in total. The first-order chi connectivity index (χ1) is 9.56. The molecule has 0 saturated heterocycles. The van der Waals surface area contributed by atoms with Crippen LogP contribution < -0.4 is 4.72 Å². The molecule has 0 fully saturated rings. The van der Waals surface area contributed by atoms with Crippen LogP contribution in [-0.4, -0.2) is 22.6 Å². The Morgan fingerprint density at radius 2 is 1.90 bits per heavy atom. The monoisotopic (exact) mass is 292 g/mol. The molecule has 0 aliphatic carbocycles. The van der Waals surface area contributed by atoms with Crippen LogP contribution in [0.1, 0.15) is 0 Å². The summed E-state index contributed by atoms with van der Waals surface area (Å²) in [5, 5.41) is 4.52. The molecule has 0 bridgehead atoms. The fourth-order valence-corrected chi connectivity index (χ4v) is 2.84. The molecule has 0 aliphatic heterocycles. The Hall–Kier alpha value is -2.48. The minimum Gasteiger partial charge on any atom is -0.248 e. The normalized spacial score (nSPS) is 11.7. The van der Waals surface area contributed by atoms with Gasteiger partial charge in [-0.3, -0.25) is 0 Å². The molecular formula is C12H9FN4O2S. The van der Waals surface area contributed by atoms with Crippen LogP contribution in [-0.2, 0) is 10.2 Å². The van der Waals surface area contributed by atoms with Crippen molar-refractivity contribution in [3.05, 3.63) is 54.6 Å². The molecule has 0 amide bonds. The number of benzene rings is 1. The van der Waals surface area contributed by atoms with Gasteiger partial charge in [-0.05, 0) is 18.2 Å². The number of nitrogens with one attached hydrogen (secondary N) is 1. The van der Waals surface area contributed by atoms with E-state index in [2.05, 4.69) is 14.8 Å². The third-order valence-electron chi connectivity index (χ3n) is 2.62. The fourth-order valence-electron chi connectivity index (χ4n) is 1.78. The summed E-state index contributed by atoms with van der Waals surface area (Å²) in [6.45, 7) is 0. The zero-order valence-corrected chi connectivity index (χ0v) is 10.9. The number of para-hydroxylation sites is 1. The molecule has 2 aromatic heterocycles. The van der Waals surface area contributed by atoms with Crippen LogP contribution in [0.2, 0.25) is 0 Å². The molecule has 3 aromatic rings. The summed E-state index contributed by atoms with van der Waals surface area (Å²) < 4.78 is 40.4. The van der Waals surface area contributed by atoms with Crippen molar-refractivity contribution in [2.75, 3.05) is 4.72 Å². The fraction of sp³-hybridized carbons (Fsp3) is 0. The standard InChI is InChI=1S/C12H9FN4O2S/c13-11-6-3-7-12(15-11)16-20(18,19)17-10-5-2-1-4-9(10)8-14-17/h1-8H,(H,15,16). The smallest absolute Gasteiger partial charge is 0.248 e. The lowest BCUT2D eigenvalue weighted by molar-refractivity contribution is 0.582. The average Bonchev–Trinajstić information content (AvgIpc) is 2.82. The van der Waals surface area contributed by atoms with Crippen molar-refractivity contribution in [2.24, 2.45) is 0 Å². The highest BCUT2D eigenvalue weighted by molar-refractivity contribution is 7.91. The SMILES string of the molecule is O=S(=O)(Nc1cccc(F)n1)n1ncc2ccccc21. The number of hydrogen-bond acceptors (Lipinski definition) is 4. The molecule has 0 spiro atoms. The number of nitrogens with zero attached hydrogens (tertiary/aromatic N) is 3. The molecular weight excluding hydrogens is 283 g/mol. The van der Waals surface area contributed by atoms with Gasteiger partial charge < -0.3 is 0 Å². The van der Waals surface area contributed by atoms with Gasteiger partial charge in [0, 0.05) is 5.39 Å². The third-order valence-corrected chi connectivity index (χ3v) is 3.83. The van der Waals surface area contributed by atoms with Gasteiger partial charge in [-0.15, -0.1) is 4.09 Å². The van der Waals surface area contributed by atoms with Crippen LogP contribution >= 0.6 is 0 Å². The molecule has 1 aromatic carbocycles. The molecule has 102 valence electrons. The van der Waals surface area contributed by atoms with Gasteiger partial charge in [0.1, 0.15) is 5.82 Å². The topological polar surface area (TPSA) is 76.9 Å². The first kappa shape index (κ1) is 12.5. The first-order valence-corrected chi connectivity index (χ1v) is 7.09. The number of pyridine rings is 1. The molecule has 2 heterocycles. The predicted octanol–water partition coefficient (Wildman–Crippen LogP) is 1.78. The summed E-state index contributed by atoms with van der Waals surface area (Å²) in [4.78, 5) is 3.45. The van der Waals surface area contributed by atoms with E-state index in [1.54, 1.807) is 24.3 Å².